The van der Waals surface area contributed by atoms with Crippen molar-refractivity contribution in [3.8, 4) is 0 Å². The lowest BCUT2D eigenvalue weighted by molar-refractivity contribution is -0.124. The average molecular weight is 422 g/mol. The van der Waals surface area contributed by atoms with Gasteiger partial charge in [0.25, 0.3) is 0 Å². The van der Waals surface area contributed by atoms with Gasteiger partial charge in [0.05, 0.1) is 9.20 Å². The normalized spacial score (nSPS) is 12.8. The smallest absolute Gasteiger partial charge is 0.232 e. The molecule has 3 rings (SSSR count). The minimum atomic E-state index is -0.655. The van der Waals surface area contributed by atoms with E-state index in [1.165, 1.54) is 11.3 Å². The quantitative estimate of drug-likeness (QED) is 0.618. The maximum atomic E-state index is 12.9. The van der Waals surface area contributed by atoms with E-state index in [-0.39, 0.29) is 11.8 Å². The number of carbonyl (C=O) groups is 1. The van der Waals surface area contributed by atoms with E-state index in [1.54, 1.807) is 16.8 Å². The van der Waals surface area contributed by atoms with Crippen LogP contribution in [0.3, 0.4) is 0 Å². The molecule has 3 aromatic rings. The lowest BCUT2D eigenvalue weighted by Crippen LogP contribution is -2.36. The number of hydrogen-bond acceptors (Lipinski definition) is 5. The van der Waals surface area contributed by atoms with Gasteiger partial charge in [-0.1, -0.05) is 55.5 Å². The van der Waals surface area contributed by atoms with Crippen molar-refractivity contribution in [3.63, 3.8) is 0 Å². The molecular formula is C17H16BrN3OS2. The maximum absolute atomic E-state index is 12.9. The van der Waals surface area contributed by atoms with Gasteiger partial charge in [-0.3, -0.25) is 4.79 Å². The zero-order valence-corrected chi connectivity index (χ0v) is 16.4. The predicted octanol–water partition coefficient (Wildman–Crippen LogP) is 5.16. The molecule has 1 N–H and O–H groups in total. The van der Waals surface area contributed by atoms with Crippen LogP contribution in [0.15, 0.2) is 51.8 Å². The van der Waals surface area contributed by atoms with Gasteiger partial charge in [-0.15, -0.1) is 21.5 Å². The Labute approximate surface area is 157 Å². The van der Waals surface area contributed by atoms with Crippen molar-refractivity contribution < 1.29 is 4.79 Å². The summed E-state index contributed by atoms with van der Waals surface area (Å²) in [5.41, 5.74) is 2.06. The van der Waals surface area contributed by atoms with E-state index in [0.29, 0.717) is 5.13 Å². The number of nitrogens with zero attached hydrogens (tertiary/aromatic N) is 2. The van der Waals surface area contributed by atoms with Crippen molar-refractivity contribution in [1.82, 2.24) is 10.2 Å². The number of nitrogens with one attached hydrogen (secondary N) is 1. The number of benzene rings is 1. The van der Waals surface area contributed by atoms with E-state index in [4.69, 9.17) is 0 Å². The van der Waals surface area contributed by atoms with Crippen molar-refractivity contribution in [2.75, 3.05) is 5.32 Å². The highest BCUT2D eigenvalue weighted by Gasteiger charge is 2.40. The molecule has 0 saturated heterocycles. The number of rotatable bonds is 5. The number of halogens is 1. The Morgan fingerprint density at radius 3 is 2.54 bits per heavy atom. The molecule has 0 spiro atoms. The van der Waals surface area contributed by atoms with Crippen LogP contribution in [0.1, 0.15) is 30.2 Å². The van der Waals surface area contributed by atoms with Crippen molar-refractivity contribution in [2.24, 2.45) is 5.41 Å². The average Bonchev–Trinajstić information content (AvgIpc) is 3.20. The summed E-state index contributed by atoms with van der Waals surface area (Å²) in [5.74, 6) is -0.124. The molecule has 1 atom stereocenters. The number of carbonyl (C=O) groups excluding carboxylic acids is 1. The second-order valence-electron chi connectivity index (χ2n) is 5.91. The van der Waals surface area contributed by atoms with E-state index >= 15 is 0 Å². The van der Waals surface area contributed by atoms with Gasteiger partial charge < -0.3 is 5.32 Å². The van der Waals surface area contributed by atoms with Crippen LogP contribution in [0.5, 0.6) is 0 Å². The molecule has 0 fully saturated rings. The minimum Gasteiger partial charge on any atom is -0.300 e. The Kier molecular flexibility index (Phi) is 5.12. The summed E-state index contributed by atoms with van der Waals surface area (Å²) < 4.78 is 1.05. The Balaban J connectivity index is 1.99. The largest absolute Gasteiger partial charge is 0.300 e. The third-order valence-corrected chi connectivity index (χ3v) is 6.19. The molecule has 2 heterocycles. The minimum absolute atomic E-state index is 0.0529. The van der Waals surface area contributed by atoms with Crippen molar-refractivity contribution >= 4 is 49.6 Å². The van der Waals surface area contributed by atoms with E-state index in [9.17, 15) is 4.79 Å². The fourth-order valence-electron chi connectivity index (χ4n) is 2.68. The zero-order valence-electron chi connectivity index (χ0n) is 13.2. The third kappa shape index (κ3) is 3.58. The maximum Gasteiger partial charge on any atom is 0.232 e. The van der Waals surface area contributed by atoms with Crippen LogP contribution in [0.25, 0.3) is 0 Å². The Morgan fingerprint density at radius 1 is 1.21 bits per heavy atom. The first-order valence-corrected chi connectivity index (χ1v) is 9.85. The van der Waals surface area contributed by atoms with E-state index in [2.05, 4.69) is 49.6 Å². The molecule has 1 amide bonds. The molecule has 2 aromatic heterocycles. The van der Waals surface area contributed by atoms with Gasteiger partial charge in [0, 0.05) is 10.8 Å². The molecule has 1 unspecified atom stereocenters. The predicted molar refractivity (Wildman–Crippen MR) is 103 cm³/mol. The van der Waals surface area contributed by atoms with Crippen LogP contribution in [-0.2, 0) is 4.79 Å². The SMILES string of the molecule is CC(C)(C(=O)Nc1nncs1)C(c1ccccc1)c1ccc(Br)s1. The lowest BCUT2D eigenvalue weighted by Gasteiger charge is -2.32. The summed E-state index contributed by atoms with van der Waals surface area (Å²) in [6.07, 6.45) is 0. The van der Waals surface area contributed by atoms with Gasteiger partial charge in [0.1, 0.15) is 5.51 Å². The van der Waals surface area contributed by atoms with Gasteiger partial charge >= 0.3 is 0 Å². The van der Waals surface area contributed by atoms with Gasteiger partial charge in [-0.2, -0.15) is 0 Å². The summed E-state index contributed by atoms with van der Waals surface area (Å²) >= 11 is 6.50. The lowest BCUT2D eigenvalue weighted by atomic mass is 9.73. The molecule has 7 heteroatoms. The molecule has 0 saturated carbocycles. The molecule has 0 aliphatic heterocycles. The first-order chi connectivity index (χ1) is 11.5. The van der Waals surface area contributed by atoms with Crippen LogP contribution in [-0.4, -0.2) is 16.1 Å². The van der Waals surface area contributed by atoms with Gasteiger partial charge in [-0.05, 0) is 33.6 Å². The fraction of sp³-hybridized carbons (Fsp3) is 0.235. The number of amides is 1. The number of hydrogen-bond donors (Lipinski definition) is 1. The monoisotopic (exact) mass is 421 g/mol. The molecule has 0 radical (unpaired) electrons. The van der Waals surface area contributed by atoms with E-state index < -0.39 is 5.41 Å². The third-order valence-electron chi connectivity index (χ3n) is 3.90. The number of thiophene rings is 1. The molecule has 1 aromatic carbocycles. The van der Waals surface area contributed by atoms with Crippen molar-refractivity contribution in [2.45, 2.75) is 19.8 Å². The summed E-state index contributed by atoms with van der Waals surface area (Å²) in [5, 5.41) is 11.1. The van der Waals surface area contributed by atoms with Crippen LogP contribution in [0, 0.1) is 5.41 Å². The highest BCUT2D eigenvalue weighted by atomic mass is 79.9. The Morgan fingerprint density at radius 2 is 1.96 bits per heavy atom. The topological polar surface area (TPSA) is 54.9 Å². The standard InChI is InChI=1S/C17H16BrN3OS2/c1-17(2,15(22)20-16-21-19-10-23-16)14(11-6-4-3-5-7-11)12-8-9-13(18)24-12/h3-10,14H,1-2H3,(H,20,21,22). The van der Waals surface area contributed by atoms with Crippen LogP contribution in [0.4, 0.5) is 5.13 Å². The van der Waals surface area contributed by atoms with Crippen molar-refractivity contribution in [1.29, 1.82) is 0 Å². The molecule has 0 aliphatic rings. The first kappa shape index (κ1) is 17.3. The molecule has 124 valence electrons. The molecule has 0 bridgehead atoms. The second kappa shape index (κ2) is 7.13. The van der Waals surface area contributed by atoms with Crippen LogP contribution >= 0.6 is 38.6 Å². The van der Waals surface area contributed by atoms with Crippen LogP contribution < -0.4 is 5.32 Å². The second-order valence-corrected chi connectivity index (χ2v) is 9.23. The molecular weight excluding hydrogens is 406 g/mol. The Hall–Kier alpha value is -1.57. The molecule has 24 heavy (non-hydrogen) atoms. The number of aromatic nitrogens is 2. The number of anilines is 1. The summed E-state index contributed by atoms with van der Waals surface area (Å²) in [4.78, 5) is 14.1. The summed E-state index contributed by atoms with van der Waals surface area (Å²) in [6.45, 7) is 3.93. The fourth-order valence-corrected chi connectivity index (χ4v) is 4.86. The highest BCUT2D eigenvalue weighted by Crippen LogP contribution is 2.45. The summed E-state index contributed by atoms with van der Waals surface area (Å²) in [6, 6.07) is 14.2. The van der Waals surface area contributed by atoms with Gasteiger partial charge in [0.15, 0.2) is 0 Å². The highest BCUT2D eigenvalue weighted by molar-refractivity contribution is 9.11. The van der Waals surface area contributed by atoms with Crippen LogP contribution in [0.2, 0.25) is 0 Å². The van der Waals surface area contributed by atoms with E-state index in [0.717, 1.165) is 14.2 Å². The Bertz CT molecular complexity index is 816. The van der Waals surface area contributed by atoms with E-state index in [1.807, 2.05) is 38.1 Å². The summed E-state index contributed by atoms with van der Waals surface area (Å²) in [7, 11) is 0. The van der Waals surface area contributed by atoms with Gasteiger partial charge in [-0.25, -0.2) is 0 Å². The zero-order chi connectivity index (χ0) is 17.2. The van der Waals surface area contributed by atoms with Gasteiger partial charge in [0.2, 0.25) is 11.0 Å². The van der Waals surface area contributed by atoms with Crippen molar-refractivity contribution in [3.05, 3.63) is 62.2 Å². The molecule has 0 aliphatic carbocycles. The first-order valence-electron chi connectivity index (χ1n) is 7.36. The molecule has 4 nitrogen and oxygen atoms in total.